The molecule has 0 saturated heterocycles. The molecule has 0 radical (unpaired) electrons. The van der Waals surface area contributed by atoms with Crippen molar-refractivity contribution < 1.29 is 14.6 Å². The van der Waals surface area contributed by atoms with E-state index in [0.717, 1.165) is 26.1 Å². The molecule has 0 rings (SSSR count). The Labute approximate surface area is 92.2 Å². The molecule has 1 N–H and O–H groups in total. The Hall–Kier alpha value is -0.610. The molecule has 0 aromatic heterocycles. The van der Waals surface area contributed by atoms with Crippen molar-refractivity contribution in [3.8, 4) is 0 Å². The molecule has 0 spiro atoms. The third-order valence-corrected chi connectivity index (χ3v) is 2.59. The number of ether oxygens (including phenoxy) is 1. The van der Waals surface area contributed by atoms with Gasteiger partial charge in [-0.05, 0) is 40.3 Å². The van der Waals surface area contributed by atoms with Crippen molar-refractivity contribution in [2.24, 2.45) is 5.41 Å². The summed E-state index contributed by atoms with van der Waals surface area (Å²) in [5.41, 5.74) is -0.629. The molecule has 0 fully saturated rings. The van der Waals surface area contributed by atoms with Gasteiger partial charge in [0.25, 0.3) is 0 Å². The average Bonchev–Trinajstić information content (AvgIpc) is 2.15. The van der Waals surface area contributed by atoms with E-state index in [1.54, 1.807) is 21.0 Å². The van der Waals surface area contributed by atoms with E-state index in [1.807, 2.05) is 7.05 Å². The van der Waals surface area contributed by atoms with Gasteiger partial charge in [0, 0.05) is 20.3 Å². The van der Waals surface area contributed by atoms with Gasteiger partial charge in [0.1, 0.15) is 0 Å². The summed E-state index contributed by atoms with van der Waals surface area (Å²) in [6, 6.07) is 0. The largest absolute Gasteiger partial charge is 0.481 e. The van der Waals surface area contributed by atoms with Crippen LogP contribution in [0.25, 0.3) is 0 Å². The minimum Gasteiger partial charge on any atom is -0.481 e. The van der Waals surface area contributed by atoms with Crippen LogP contribution in [-0.2, 0) is 9.53 Å². The zero-order valence-corrected chi connectivity index (χ0v) is 10.2. The molecular formula is C11H23NO3. The fourth-order valence-corrected chi connectivity index (χ4v) is 1.17. The van der Waals surface area contributed by atoms with Gasteiger partial charge in [-0.3, -0.25) is 4.79 Å². The number of carboxylic acid groups (broad SMARTS) is 1. The Morgan fingerprint density at radius 2 is 2.00 bits per heavy atom. The van der Waals surface area contributed by atoms with E-state index in [2.05, 4.69) is 4.90 Å². The van der Waals surface area contributed by atoms with Gasteiger partial charge >= 0.3 is 5.97 Å². The fraction of sp³-hybridized carbons (Fsp3) is 0.909. The van der Waals surface area contributed by atoms with Gasteiger partial charge in [0.15, 0.2) is 0 Å². The van der Waals surface area contributed by atoms with Gasteiger partial charge in [0.2, 0.25) is 0 Å². The number of nitrogens with zero attached hydrogens (tertiary/aromatic N) is 1. The van der Waals surface area contributed by atoms with Crippen LogP contribution in [-0.4, -0.2) is 49.8 Å². The quantitative estimate of drug-likeness (QED) is 0.625. The molecule has 4 heteroatoms. The van der Waals surface area contributed by atoms with Crippen LogP contribution in [0.1, 0.15) is 26.7 Å². The number of aliphatic carboxylic acids is 1. The molecule has 15 heavy (non-hydrogen) atoms. The summed E-state index contributed by atoms with van der Waals surface area (Å²) < 4.78 is 4.96. The lowest BCUT2D eigenvalue weighted by Gasteiger charge is -2.23. The lowest BCUT2D eigenvalue weighted by atomic mass is 9.89. The maximum absolute atomic E-state index is 10.9. The summed E-state index contributed by atoms with van der Waals surface area (Å²) in [5.74, 6) is -0.729. The maximum Gasteiger partial charge on any atom is 0.309 e. The molecule has 0 aliphatic carbocycles. The van der Waals surface area contributed by atoms with Crippen LogP contribution in [0.4, 0.5) is 0 Å². The minimum atomic E-state index is -0.729. The fourth-order valence-electron chi connectivity index (χ4n) is 1.17. The number of carboxylic acids is 1. The van der Waals surface area contributed by atoms with Crippen LogP contribution in [0.2, 0.25) is 0 Å². The zero-order valence-electron chi connectivity index (χ0n) is 10.2. The number of hydrogen-bond acceptors (Lipinski definition) is 3. The SMILES string of the molecule is COCCCN(C)CCC(C)(C)C(=O)O. The number of rotatable bonds is 8. The molecule has 0 atom stereocenters. The first-order chi connectivity index (χ1) is 6.90. The summed E-state index contributed by atoms with van der Waals surface area (Å²) >= 11 is 0. The summed E-state index contributed by atoms with van der Waals surface area (Å²) in [4.78, 5) is 13.0. The Balaban J connectivity index is 3.70. The first-order valence-corrected chi connectivity index (χ1v) is 5.31. The molecule has 0 aliphatic heterocycles. The summed E-state index contributed by atoms with van der Waals surface area (Å²) in [5, 5.41) is 8.93. The normalized spacial score (nSPS) is 12.1. The highest BCUT2D eigenvalue weighted by Gasteiger charge is 2.26. The standard InChI is InChI=1S/C11H23NO3/c1-11(2,10(13)14)6-8-12(3)7-5-9-15-4/h5-9H2,1-4H3,(H,13,14). The van der Waals surface area contributed by atoms with Gasteiger partial charge in [0.05, 0.1) is 5.41 Å². The van der Waals surface area contributed by atoms with Gasteiger partial charge in [-0.25, -0.2) is 0 Å². The van der Waals surface area contributed by atoms with E-state index in [-0.39, 0.29) is 0 Å². The second-order valence-corrected chi connectivity index (χ2v) is 4.59. The Morgan fingerprint density at radius 3 is 2.47 bits per heavy atom. The molecule has 4 nitrogen and oxygen atoms in total. The van der Waals surface area contributed by atoms with Crippen molar-refractivity contribution in [2.75, 3.05) is 33.9 Å². The first-order valence-electron chi connectivity index (χ1n) is 5.31. The van der Waals surface area contributed by atoms with Crippen LogP contribution in [0.15, 0.2) is 0 Å². The Bertz CT molecular complexity index is 192. The van der Waals surface area contributed by atoms with E-state index in [9.17, 15) is 4.79 Å². The molecule has 0 amide bonds. The van der Waals surface area contributed by atoms with E-state index in [0.29, 0.717) is 6.42 Å². The molecule has 0 aromatic carbocycles. The number of carbonyl (C=O) groups is 1. The molecule has 0 aliphatic rings. The first kappa shape index (κ1) is 14.4. The molecular weight excluding hydrogens is 194 g/mol. The molecule has 0 bridgehead atoms. The lowest BCUT2D eigenvalue weighted by molar-refractivity contribution is -0.147. The predicted molar refractivity (Wildman–Crippen MR) is 60.0 cm³/mol. The Kier molecular flexibility index (Phi) is 6.52. The van der Waals surface area contributed by atoms with Gasteiger partial charge in [-0.15, -0.1) is 0 Å². The van der Waals surface area contributed by atoms with Gasteiger partial charge in [-0.2, -0.15) is 0 Å². The van der Waals surface area contributed by atoms with E-state index >= 15 is 0 Å². The highest BCUT2D eigenvalue weighted by atomic mass is 16.5. The van der Waals surface area contributed by atoms with Crippen LogP contribution in [0.5, 0.6) is 0 Å². The average molecular weight is 217 g/mol. The highest BCUT2D eigenvalue weighted by molar-refractivity contribution is 5.73. The van der Waals surface area contributed by atoms with E-state index in [4.69, 9.17) is 9.84 Å². The van der Waals surface area contributed by atoms with Gasteiger partial charge < -0.3 is 14.7 Å². The van der Waals surface area contributed by atoms with Crippen LogP contribution >= 0.6 is 0 Å². The monoisotopic (exact) mass is 217 g/mol. The van der Waals surface area contributed by atoms with Gasteiger partial charge in [-0.1, -0.05) is 0 Å². The highest BCUT2D eigenvalue weighted by Crippen LogP contribution is 2.20. The van der Waals surface area contributed by atoms with Crippen molar-refractivity contribution in [3.63, 3.8) is 0 Å². The minimum absolute atomic E-state index is 0.629. The van der Waals surface area contributed by atoms with Crippen LogP contribution in [0, 0.1) is 5.41 Å². The van der Waals surface area contributed by atoms with Crippen molar-refractivity contribution >= 4 is 5.97 Å². The summed E-state index contributed by atoms with van der Waals surface area (Å²) in [7, 11) is 3.70. The Morgan fingerprint density at radius 1 is 1.40 bits per heavy atom. The second-order valence-electron chi connectivity index (χ2n) is 4.59. The van der Waals surface area contributed by atoms with Crippen molar-refractivity contribution in [1.82, 2.24) is 4.90 Å². The molecule has 0 heterocycles. The summed E-state index contributed by atoms with van der Waals surface area (Å²) in [6.07, 6.45) is 1.66. The third kappa shape index (κ3) is 6.47. The van der Waals surface area contributed by atoms with Crippen LogP contribution in [0.3, 0.4) is 0 Å². The molecule has 0 aromatic rings. The third-order valence-electron chi connectivity index (χ3n) is 2.59. The van der Waals surface area contributed by atoms with E-state index < -0.39 is 11.4 Å². The van der Waals surface area contributed by atoms with Crippen LogP contribution < -0.4 is 0 Å². The van der Waals surface area contributed by atoms with E-state index in [1.165, 1.54) is 0 Å². The predicted octanol–water partition coefficient (Wildman–Crippen LogP) is 1.46. The van der Waals surface area contributed by atoms with Crippen molar-refractivity contribution in [2.45, 2.75) is 26.7 Å². The molecule has 0 unspecified atom stereocenters. The maximum atomic E-state index is 10.9. The van der Waals surface area contributed by atoms with Crippen molar-refractivity contribution in [3.05, 3.63) is 0 Å². The lowest BCUT2D eigenvalue weighted by Crippen LogP contribution is -2.30. The second kappa shape index (κ2) is 6.80. The van der Waals surface area contributed by atoms with Crippen molar-refractivity contribution in [1.29, 1.82) is 0 Å². The molecule has 90 valence electrons. The summed E-state index contributed by atoms with van der Waals surface area (Å²) in [6.45, 7) is 6.04. The zero-order chi connectivity index (χ0) is 11.9. The topological polar surface area (TPSA) is 49.8 Å². The number of hydrogen-bond donors (Lipinski definition) is 1. The smallest absolute Gasteiger partial charge is 0.309 e. The number of methoxy groups -OCH3 is 1. The molecule has 0 saturated carbocycles.